The van der Waals surface area contributed by atoms with E-state index in [1.807, 2.05) is 6.07 Å². The van der Waals surface area contributed by atoms with E-state index in [0.29, 0.717) is 6.42 Å². The van der Waals surface area contributed by atoms with Gasteiger partial charge in [-0.25, -0.2) is 0 Å². The van der Waals surface area contributed by atoms with E-state index in [1.54, 1.807) is 0 Å². The molecule has 0 aliphatic carbocycles. The number of likely N-dealkylation sites (tertiary alicyclic amines) is 1. The molecule has 1 unspecified atom stereocenters. The van der Waals surface area contributed by atoms with Gasteiger partial charge in [0, 0.05) is 19.0 Å². The lowest BCUT2D eigenvalue weighted by Crippen LogP contribution is -2.44. The average Bonchev–Trinajstić information content (AvgIpc) is 3.16. The highest BCUT2D eigenvalue weighted by Crippen LogP contribution is 2.20. The summed E-state index contributed by atoms with van der Waals surface area (Å²) >= 11 is 0. The third kappa shape index (κ3) is 5.43. The molecule has 2 aromatic carbocycles. The van der Waals surface area contributed by atoms with Gasteiger partial charge in [-0.05, 0) is 55.5 Å². The number of benzene rings is 2. The van der Waals surface area contributed by atoms with Crippen molar-refractivity contribution in [2.24, 2.45) is 0 Å². The Balaban J connectivity index is 1.65. The molecule has 0 spiro atoms. The van der Waals surface area contributed by atoms with Crippen LogP contribution in [-0.4, -0.2) is 36.5 Å². The minimum Gasteiger partial charge on any atom is -0.352 e. The smallest absolute Gasteiger partial charge is 0.220 e. The summed E-state index contributed by atoms with van der Waals surface area (Å²) in [6.07, 6.45) is 4.96. The van der Waals surface area contributed by atoms with Gasteiger partial charge in [0.2, 0.25) is 5.91 Å². The van der Waals surface area contributed by atoms with Crippen molar-refractivity contribution in [1.29, 1.82) is 0 Å². The molecule has 1 saturated heterocycles. The predicted octanol–water partition coefficient (Wildman–Crippen LogP) is 4.28. The van der Waals surface area contributed by atoms with E-state index in [0.717, 1.165) is 32.5 Å². The summed E-state index contributed by atoms with van der Waals surface area (Å²) < 4.78 is 0. The summed E-state index contributed by atoms with van der Waals surface area (Å²) in [5.41, 5.74) is 3.76. The Morgan fingerprint density at radius 2 is 1.65 bits per heavy atom. The molecule has 26 heavy (non-hydrogen) atoms. The Kier molecular flexibility index (Phi) is 6.84. The van der Waals surface area contributed by atoms with E-state index < -0.39 is 0 Å². The van der Waals surface area contributed by atoms with Crippen molar-refractivity contribution in [2.75, 3.05) is 19.6 Å². The molecule has 1 atom stereocenters. The molecule has 3 nitrogen and oxygen atoms in total. The molecule has 3 rings (SSSR count). The van der Waals surface area contributed by atoms with E-state index in [1.165, 1.54) is 29.5 Å². The van der Waals surface area contributed by atoms with Crippen molar-refractivity contribution in [3.63, 3.8) is 0 Å². The number of rotatable bonds is 8. The summed E-state index contributed by atoms with van der Waals surface area (Å²) in [7, 11) is 0. The van der Waals surface area contributed by atoms with E-state index in [-0.39, 0.29) is 11.9 Å². The number of nitrogens with zero attached hydrogens (tertiary/aromatic N) is 1. The molecule has 1 amide bonds. The number of carbonyl (C=O) groups is 1. The molecule has 0 aromatic heterocycles. The van der Waals surface area contributed by atoms with Gasteiger partial charge in [0.05, 0.1) is 0 Å². The van der Waals surface area contributed by atoms with Crippen LogP contribution < -0.4 is 5.32 Å². The van der Waals surface area contributed by atoms with Crippen LogP contribution in [0, 0.1) is 0 Å². The van der Waals surface area contributed by atoms with Gasteiger partial charge in [-0.2, -0.15) is 0 Å². The summed E-state index contributed by atoms with van der Waals surface area (Å²) in [6, 6.07) is 19.4. The van der Waals surface area contributed by atoms with Gasteiger partial charge in [-0.15, -0.1) is 0 Å². The van der Waals surface area contributed by atoms with E-state index in [9.17, 15) is 4.79 Å². The minimum atomic E-state index is 0.178. The van der Waals surface area contributed by atoms with E-state index in [2.05, 4.69) is 65.7 Å². The number of nitrogens with one attached hydrogen (secondary N) is 1. The summed E-state index contributed by atoms with van der Waals surface area (Å²) in [4.78, 5) is 14.6. The molecule has 1 fully saturated rings. The Morgan fingerprint density at radius 3 is 2.31 bits per heavy atom. The molecule has 0 saturated carbocycles. The Bertz CT molecular complexity index is 675. The fraction of sp³-hybridized carbons (Fsp3) is 0.435. The maximum atomic E-state index is 12.1. The number of amides is 1. The summed E-state index contributed by atoms with van der Waals surface area (Å²) in [5, 5.41) is 3.26. The summed E-state index contributed by atoms with van der Waals surface area (Å²) in [6.45, 7) is 5.33. The molecule has 1 aliphatic rings. The van der Waals surface area contributed by atoms with Crippen LogP contribution in [0.15, 0.2) is 54.6 Å². The van der Waals surface area contributed by atoms with Crippen LogP contribution >= 0.6 is 0 Å². The van der Waals surface area contributed by atoms with Gasteiger partial charge in [-0.1, -0.05) is 61.5 Å². The van der Waals surface area contributed by atoms with Crippen LogP contribution in [0.3, 0.4) is 0 Å². The topological polar surface area (TPSA) is 32.3 Å². The van der Waals surface area contributed by atoms with E-state index >= 15 is 0 Å². The van der Waals surface area contributed by atoms with Crippen molar-refractivity contribution < 1.29 is 4.79 Å². The second-order valence-corrected chi connectivity index (χ2v) is 7.29. The molecular weight excluding hydrogens is 320 g/mol. The zero-order valence-corrected chi connectivity index (χ0v) is 15.8. The van der Waals surface area contributed by atoms with Crippen LogP contribution in [0.25, 0.3) is 11.1 Å². The Morgan fingerprint density at radius 1 is 1.00 bits per heavy atom. The average molecular weight is 351 g/mol. The Hall–Kier alpha value is -2.13. The van der Waals surface area contributed by atoms with Crippen molar-refractivity contribution in [3.05, 3.63) is 60.2 Å². The van der Waals surface area contributed by atoms with Crippen molar-refractivity contribution in [1.82, 2.24) is 10.2 Å². The molecule has 0 radical (unpaired) electrons. The van der Waals surface area contributed by atoms with Gasteiger partial charge in [0.25, 0.3) is 0 Å². The molecule has 1 N–H and O–H groups in total. The van der Waals surface area contributed by atoms with Gasteiger partial charge >= 0.3 is 0 Å². The first kappa shape index (κ1) is 18.7. The van der Waals surface area contributed by atoms with Crippen LogP contribution in [0.4, 0.5) is 0 Å². The molecule has 1 aliphatic heterocycles. The van der Waals surface area contributed by atoms with Crippen LogP contribution in [0.1, 0.15) is 38.2 Å². The predicted molar refractivity (Wildman–Crippen MR) is 108 cm³/mol. The third-order valence-electron chi connectivity index (χ3n) is 5.06. The van der Waals surface area contributed by atoms with Gasteiger partial charge in [-0.3, -0.25) is 4.79 Å². The largest absolute Gasteiger partial charge is 0.352 e. The zero-order valence-electron chi connectivity index (χ0n) is 15.8. The van der Waals surface area contributed by atoms with E-state index in [4.69, 9.17) is 0 Å². The first-order valence-corrected chi connectivity index (χ1v) is 9.90. The highest BCUT2D eigenvalue weighted by molar-refractivity contribution is 5.76. The lowest BCUT2D eigenvalue weighted by Gasteiger charge is -2.25. The van der Waals surface area contributed by atoms with Crippen LogP contribution in [-0.2, 0) is 11.2 Å². The van der Waals surface area contributed by atoms with Crippen molar-refractivity contribution in [3.8, 4) is 11.1 Å². The standard InChI is InChI=1S/C23H30N2O/c1-2-8-23(26)24-22(18-25-15-6-7-16-25)17-19-11-13-21(14-12-19)20-9-4-3-5-10-20/h3-5,9-14,22H,2,6-8,15-18H2,1H3,(H,24,26). The monoisotopic (exact) mass is 350 g/mol. The normalized spacial score (nSPS) is 15.7. The highest BCUT2D eigenvalue weighted by atomic mass is 16.1. The minimum absolute atomic E-state index is 0.178. The van der Waals surface area contributed by atoms with Gasteiger partial charge < -0.3 is 10.2 Å². The molecule has 138 valence electrons. The first-order chi connectivity index (χ1) is 12.7. The molecule has 2 aromatic rings. The second-order valence-electron chi connectivity index (χ2n) is 7.29. The molecular formula is C23H30N2O. The maximum Gasteiger partial charge on any atom is 0.220 e. The molecule has 3 heteroatoms. The number of carbonyl (C=O) groups excluding carboxylic acids is 1. The fourth-order valence-electron chi connectivity index (χ4n) is 3.71. The zero-order chi connectivity index (χ0) is 18.2. The quantitative estimate of drug-likeness (QED) is 0.771. The highest BCUT2D eigenvalue weighted by Gasteiger charge is 2.19. The summed E-state index contributed by atoms with van der Waals surface area (Å²) in [5.74, 6) is 0.178. The van der Waals surface area contributed by atoms with Crippen LogP contribution in [0.5, 0.6) is 0 Å². The lowest BCUT2D eigenvalue weighted by molar-refractivity contribution is -0.121. The van der Waals surface area contributed by atoms with Gasteiger partial charge in [0.15, 0.2) is 0 Å². The number of hydrogen-bond acceptors (Lipinski definition) is 2. The lowest BCUT2D eigenvalue weighted by atomic mass is 10.0. The van der Waals surface area contributed by atoms with Gasteiger partial charge in [0.1, 0.15) is 0 Å². The van der Waals surface area contributed by atoms with Crippen molar-refractivity contribution >= 4 is 5.91 Å². The third-order valence-corrected chi connectivity index (χ3v) is 5.06. The number of hydrogen-bond donors (Lipinski definition) is 1. The maximum absolute atomic E-state index is 12.1. The second kappa shape index (κ2) is 9.54. The first-order valence-electron chi connectivity index (χ1n) is 9.90. The fourth-order valence-corrected chi connectivity index (χ4v) is 3.71. The molecule has 0 bridgehead atoms. The van der Waals surface area contributed by atoms with Crippen molar-refractivity contribution in [2.45, 2.75) is 45.1 Å². The SMILES string of the molecule is CCCC(=O)NC(Cc1ccc(-c2ccccc2)cc1)CN1CCCC1. The van der Waals surface area contributed by atoms with Crippen LogP contribution in [0.2, 0.25) is 0 Å². The Labute approximate surface area is 157 Å². The molecule has 1 heterocycles.